The van der Waals surface area contributed by atoms with Gasteiger partial charge in [-0.3, -0.25) is 9.36 Å². The number of fused-ring (bicyclic) bond motifs is 3. The zero-order valence-electron chi connectivity index (χ0n) is 14.2. The number of halogens is 1. The van der Waals surface area contributed by atoms with E-state index >= 15 is 0 Å². The van der Waals surface area contributed by atoms with Crippen molar-refractivity contribution in [1.82, 2.24) is 19.4 Å². The van der Waals surface area contributed by atoms with Gasteiger partial charge in [0.05, 0.1) is 6.33 Å². The summed E-state index contributed by atoms with van der Waals surface area (Å²) in [6, 6.07) is 5.53. The average Bonchev–Trinajstić information content (AvgIpc) is 2.94. The first-order chi connectivity index (χ1) is 11.6. The number of aryl methyl sites for hydroxylation is 1. The highest BCUT2D eigenvalue weighted by Gasteiger charge is 2.11. The number of hydrogen-bond acceptors (Lipinski definition) is 3. The number of H-pyrrole nitrogens is 1. The molecule has 0 aliphatic carbocycles. The van der Waals surface area contributed by atoms with Gasteiger partial charge in [-0.15, -0.1) is 0 Å². The topological polar surface area (TPSA) is 53.9 Å². The van der Waals surface area contributed by atoms with E-state index in [1.54, 1.807) is 10.9 Å². The van der Waals surface area contributed by atoms with Crippen LogP contribution in [0.15, 0.2) is 29.3 Å². The van der Waals surface area contributed by atoms with Crippen molar-refractivity contribution in [3.8, 4) is 0 Å². The molecule has 1 N–H and O–H groups in total. The Morgan fingerprint density at radius 3 is 2.88 bits per heavy atom. The second-order valence-corrected chi connectivity index (χ2v) is 6.73. The fraction of sp³-hybridized carbons (Fsp3) is 0.444. The van der Waals surface area contributed by atoms with Crippen LogP contribution in [0.25, 0.3) is 21.9 Å². The lowest BCUT2D eigenvalue weighted by atomic mass is 10.2. The molecule has 2 aromatic heterocycles. The van der Waals surface area contributed by atoms with E-state index < -0.39 is 0 Å². The summed E-state index contributed by atoms with van der Waals surface area (Å²) >= 11 is 6.05. The van der Waals surface area contributed by atoms with Crippen molar-refractivity contribution < 1.29 is 0 Å². The Morgan fingerprint density at radius 1 is 1.29 bits per heavy atom. The monoisotopic (exact) mass is 346 g/mol. The van der Waals surface area contributed by atoms with Crippen molar-refractivity contribution in [2.24, 2.45) is 0 Å². The molecule has 2 heterocycles. The first-order valence-electron chi connectivity index (χ1n) is 8.45. The third-order valence-electron chi connectivity index (χ3n) is 4.37. The molecule has 3 aromatic rings. The van der Waals surface area contributed by atoms with Gasteiger partial charge in [-0.1, -0.05) is 24.9 Å². The van der Waals surface area contributed by atoms with E-state index in [0.717, 1.165) is 30.4 Å². The van der Waals surface area contributed by atoms with Crippen molar-refractivity contribution in [1.29, 1.82) is 0 Å². The molecule has 0 spiro atoms. The zero-order valence-corrected chi connectivity index (χ0v) is 14.9. The molecule has 1 aromatic carbocycles. The SMILES string of the molecule is CCCCN(C)CCCn1cnc2c([nH]c3ccc(Cl)cc32)c1=O. The molecule has 6 heteroatoms. The number of nitrogens with one attached hydrogen (secondary N) is 1. The predicted octanol–water partition coefficient (Wildman–Crippen LogP) is 3.65. The molecule has 24 heavy (non-hydrogen) atoms. The molecule has 0 saturated heterocycles. The first kappa shape index (κ1) is 17.0. The Bertz CT molecular complexity index is 899. The molecule has 0 aliphatic heterocycles. The molecule has 0 aliphatic rings. The highest BCUT2D eigenvalue weighted by molar-refractivity contribution is 6.31. The van der Waals surface area contributed by atoms with Crippen LogP contribution in [0.3, 0.4) is 0 Å². The molecule has 128 valence electrons. The van der Waals surface area contributed by atoms with Crippen LogP contribution in [0.1, 0.15) is 26.2 Å². The van der Waals surface area contributed by atoms with Gasteiger partial charge in [0.1, 0.15) is 11.0 Å². The third-order valence-corrected chi connectivity index (χ3v) is 4.60. The van der Waals surface area contributed by atoms with Gasteiger partial charge in [0.15, 0.2) is 0 Å². The fourth-order valence-electron chi connectivity index (χ4n) is 2.97. The minimum absolute atomic E-state index is 0.0245. The summed E-state index contributed by atoms with van der Waals surface area (Å²) in [5, 5.41) is 1.53. The van der Waals surface area contributed by atoms with Crippen LogP contribution in [-0.4, -0.2) is 39.6 Å². The Kier molecular flexibility index (Phi) is 5.21. The van der Waals surface area contributed by atoms with Crippen molar-refractivity contribution in [3.63, 3.8) is 0 Å². The van der Waals surface area contributed by atoms with E-state index in [9.17, 15) is 4.79 Å². The van der Waals surface area contributed by atoms with Gasteiger partial charge in [0.25, 0.3) is 5.56 Å². The number of hydrogen-bond donors (Lipinski definition) is 1. The maximum atomic E-state index is 12.7. The molecule has 3 rings (SSSR count). The minimum atomic E-state index is -0.0245. The van der Waals surface area contributed by atoms with Crippen molar-refractivity contribution >= 4 is 33.5 Å². The summed E-state index contributed by atoms with van der Waals surface area (Å²) in [7, 11) is 2.13. The fourth-order valence-corrected chi connectivity index (χ4v) is 3.14. The average molecular weight is 347 g/mol. The smallest absolute Gasteiger partial charge is 0.277 e. The highest BCUT2D eigenvalue weighted by Crippen LogP contribution is 2.24. The van der Waals surface area contributed by atoms with Gasteiger partial charge in [-0.05, 0) is 51.2 Å². The Morgan fingerprint density at radius 2 is 2.08 bits per heavy atom. The number of aromatic amines is 1. The zero-order chi connectivity index (χ0) is 17.1. The van der Waals surface area contributed by atoms with Crippen LogP contribution in [0.4, 0.5) is 0 Å². The second kappa shape index (κ2) is 7.36. The number of rotatable bonds is 7. The maximum Gasteiger partial charge on any atom is 0.277 e. The largest absolute Gasteiger partial charge is 0.349 e. The molecular weight excluding hydrogens is 324 g/mol. The lowest BCUT2D eigenvalue weighted by Gasteiger charge is -2.16. The summed E-state index contributed by atoms with van der Waals surface area (Å²) < 4.78 is 1.69. The van der Waals surface area contributed by atoms with Crippen LogP contribution in [0, 0.1) is 0 Å². The van der Waals surface area contributed by atoms with E-state index in [-0.39, 0.29) is 5.56 Å². The Hall–Kier alpha value is -1.85. The van der Waals surface area contributed by atoms with Crippen LogP contribution in [0.2, 0.25) is 5.02 Å². The van der Waals surface area contributed by atoms with Crippen molar-refractivity contribution in [3.05, 3.63) is 39.9 Å². The minimum Gasteiger partial charge on any atom is -0.349 e. The highest BCUT2D eigenvalue weighted by atomic mass is 35.5. The first-order valence-corrected chi connectivity index (χ1v) is 8.83. The number of benzene rings is 1. The summed E-state index contributed by atoms with van der Waals surface area (Å²) in [5.41, 5.74) is 2.10. The summed E-state index contributed by atoms with van der Waals surface area (Å²) in [4.78, 5) is 22.6. The molecule has 0 saturated carbocycles. The van der Waals surface area contributed by atoms with Crippen LogP contribution in [0.5, 0.6) is 0 Å². The van der Waals surface area contributed by atoms with Crippen molar-refractivity contribution in [2.75, 3.05) is 20.1 Å². The second-order valence-electron chi connectivity index (χ2n) is 6.29. The van der Waals surface area contributed by atoms with Crippen molar-refractivity contribution in [2.45, 2.75) is 32.7 Å². The predicted molar refractivity (Wildman–Crippen MR) is 99.9 cm³/mol. The normalized spacial score (nSPS) is 11.8. The van der Waals surface area contributed by atoms with Gasteiger partial charge in [-0.25, -0.2) is 4.98 Å². The van der Waals surface area contributed by atoms with Gasteiger partial charge in [0, 0.05) is 22.5 Å². The molecule has 0 atom stereocenters. The molecule has 5 nitrogen and oxygen atoms in total. The standard InChI is InChI=1S/C18H23ClN4O/c1-3-4-8-22(2)9-5-10-23-12-20-16-14-11-13(19)6-7-15(14)21-17(16)18(23)24/h6-7,11-12,21H,3-5,8-10H2,1-2H3. The maximum absolute atomic E-state index is 12.7. The summed E-state index contributed by atoms with van der Waals surface area (Å²) in [6.45, 7) is 4.95. The quantitative estimate of drug-likeness (QED) is 0.710. The molecule has 0 unspecified atom stereocenters. The van der Waals surface area contributed by atoms with Gasteiger partial charge in [-0.2, -0.15) is 0 Å². The Labute approximate surface area is 146 Å². The Balaban J connectivity index is 1.79. The van der Waals surface area contributed by atoms with E-state index in [0.29, 0.717) is 22.6 Å². The van der Waals surface area contributed by atoms with E-state index in [1.807, 2.05) is 18.2 Å². The van der Waals surface area contributed by atoms with E-state index in [2.05, 4.69) is 28.8 Å². The molecule has 0 amide bonds. The molecule has 0 fully saturated rings. The number of unbranched alkanes of at least 4 members (excludes halogenated alkanes) is 1. The van der Waals surface area contributed by atoms with E-state index in [4.69, 9.17) is 11.6 Å². The summed E-state index contributed by atoms with van der Waals surface area (Å²) in [5.74, 6) is 0. The van der Waals surface area contributed by atoms with Crippen LogP contribution < -0.4 is 5.56 Å². The summed E-state index contributed by atoms with van der Waals surface area (Å²) in [6.07, 6.45) is 4.99. The van der Waals surface area contributed by atoms with Gasteiger partial charge < -0.3 is 9.88 Å². The molecular formula is C18H23ClN4O. The van der Waals surface area contributed by atoms with Crippen LogP contribution >= 0.6 is 11.6 Å². The van der Waals surface area contributed by atoms with Gasteiger partial charge in [0.2, 0.25) is 0 Å². The number of aromatic nitrogens is 3. The lowest BCUT2D eigenvalue weighted by Crippen LogP contribution is -2.25. The van der Waals surface area contributed by atoms with Crippen LogP contribution in [-0.2, 0) is 6.54 Å². The van der Waals surface area contributed by atoms with E-state index in [1.165, 1.54) is 12.8 Å². The third kappa shape index (κ3) is 3.47. The van der Waals surface area contributed by atoms with Gasteiger partial charge >= 0.3 is 0 Å². The number of nitrogens with zero attached hydrogens (tertiary/aromatic N) is 3. The molecule has 0 radical (unpaired) electrons. The lowest BCUT2D eigenvalue weighted by molar-refractivity contribution is 0.315. The molecule has 0 bridgehead atoms.